The highest BCUT2D eigenvalue weighted by atomic mass is 127. The van der Waals surface area contributed by atoms with Crippen LogP contribution in [0.25, 0.3) is 11.5 Å². The fraction of sp³-hybridized carbons (Fsp3) is 0.357. The van der Waals surface area contributed by atoms with E-state index in [1.54, 1.807) is 13.2 Å². The first-order valence-electron chi connectivity index (χ1n) is 6.34. The number of nitrogen functional groups attached to an aromatic ring is 1. The van der Waals surface area contributed by atoms with Crippen LogP contribution in [0.15, 0.2) is 18.2 Å². The summed E-state index contributed by atoms with van der Waals surface area (Å²) >= 11 is 2.19. The predicted molar refractivity (Wildman–Crippen MR) is 87.5 cm³/mol. The summed E-state index contributed by atoms with van der Waals surface area (Å²) in [4.78, 5) is 13.3. The number of hydrogen-bond acceptors (Lipinski definition) is 5. The molecule has 2 heterocycles. The molecule has 2 N–H and O–H groups in total. The molecule has 0 radical (unpaired) electrons. The Balaban J connectivity index is 2.48. The van der Waals surface area contributed by atoms with Crippen LogP contribution in [0.1, 0.15) is 19.5 Å². The maximum Gasteiger partial charge on any atom is 0.213 e. The number of nitrogens with zero attached hydrogens (tertiary/aromatic N) is 3. The van der Waals surface area contributed by atoms with Gasteiger partial charge in [0.2, 0.25) is 5.88 Å². The lowest BCUT2D eigenvalue weighted by Crippen LogP contribution is -2.08. The molecule has 0 amide bonds. The molecule has 0 saturated carbocycles. The van der Waals surface area contributed by atoms with Crippen molar-refractivity contribution in [3.63, 3.8) is 0 Å². The van der Waals surface area contributed by atoms with Crippen molar-refractivity contribution >= 4 is 28.4 Å². The molecule has 0 atom stereocenters. The van der Waals surface area contributed by atoms with Crippen LogP contribution in [0.5, 0.6) is 5.88 Å². The van der Waals surface area contributed by atoms with E-state index in [1.165, 1.54) is 0 Å². The minimum atomic E-state index is 0.496. The Morgan fingerprint density at radius 1 is 1.25 bits per heavy atom. The summed E-state index contributed by atoms with van der Waals surface area (Å²) in [6, 6.07) is 5.50. The smallest absolute Gasteiger partial charge is 0.213 e. The molecule has 0 aliphatic carbocycles. The monoisotopic (exact) mass is 384 g/mol. The number of aromatic nitrogens is 3. The molecule has 20 heavy (non-hydrogen) atoms. The Morgan fingerprint density at radius 3 is 2.65 bits per heavy atom. The average molecular weight is 384 g/mol. The average Bonchev–Trinajstić information content (AvgIpc) is 2.43. The summed E-state index contributed by atoms with van der Waals surface area (Å²) in [5, 5.41) is 0. The zero-order valence-corrected chi connectivity index (χ0v) is 13.9. The number of halogens is 1. The maximum absolute atomic E-state index is 5.99. The Hall–Kier alpha value is -1.44. The maximum atomic E-state index is 5.99. The van der Waals surface area contributed by atoms with E-state index in [1.807, 2.05) is 12.1 Å². The molecule has 2 rings (SSSR count). The lowest BCUT2D eigenvalue weighted by atomic mass is 10.1. The number of anilines is 1. The molecule has 2 aromatic heterocycles. The van der Waals surface area contributed by atoms with Crippen LogP contribution in [0.2, 0.25) is 0 Å². The topological polar surface area (TPSA) is 73.9 Å². The first kappa shape index (κ1) is 15.0. The first-order chi connectivity index (χ1) is 9.51. The lowest BCUT2D eigenvalue weighted by Gasteiger charge is -2.10. The molecular weight excluding hydrogens is 367 g/mol. The lowest BCUT2D eigenvalue weighted by molar-refractivity contribution is 0.398. The van der Waals surface area contributed by atoms with Gasteiger partial charge in [-0.1, -0.05) is 19.9 Å². The SMILES string of the molecule is COc1cccc(-c2nc(N)c(I)c(CC(C)C)n2)n1. The summed E-state index contributed by atoms with van der Waals surface area (Å²) in [6.07, 6.45) is 0.863. The number of nitrogens with two attached hydrogens (primary N) is 1. The molecular formula is C14H17IN4O. The van der Waals surface area contributed by atoms with Crippen LogP contribution in [-0.4, -0.2) is 22.1 Å². The van der Waals surface area contributed by atoms with Crippen molar-refractivity contribution in [2.45, 2.75) is 20.3 Å². The van der Waals surface area contributed by atoms with E-state index in [9.17, 15) is 0 Å². The van der Waals surface area contributed by atoms with Crippen molar-refractivity contribution in [2.24, 2.45) is 5.92 Å². The van der Waals surface area contributed by atoms with Gasteiger partial charge in [0.25, 0.3) is 0 Å². The molecule has 0 unspecified atom stereocenters. The van der Waals surface area contributed by atoms with Gasteiger partial charge in [-0.3, -0.25) is 0 Å². The molecule has 0 aromatic carbocycles. The highest BCUT2D eigenvalue weighted by molar-refractivity contribution is 14.1. The third-order valence-corrected chi connectivity index (χ3v) is 3.88. The molecule has 0 aliphatic rings. The first-order valence-corrected chi connectivity index (χ1v) is 7.42. The summed E-state index contributed by atoms with van der Waals surface area (Å²) in [6.45, 7) is 4.30. The Kier molecular flexibility index (Phi) is 4.74. The van der Waals surface area contributed by atoms with Gasteiger partial charge in [0, 0.05) is 6.07 Å². The van der Waals surface area contributed by atoms with Crippen molar-refractivity contribution < 1.29 is 4.74 Å². The minimum absolute atomic E-state index is 0.496. The van der Waals surface area contributed by atoms with Gasteiger partial charge in [-0.15, -0.1) is 0 Å². The third kappa shape index (κ3) is 3.36. The van der Waals surface area contributed by atoms with E-state index in [2.05, 4.69) is 51.4 Å². The summed E-state index contributed by atoms with van der Waals surface area (Å²) < 4.78 is 6.05. The van der Waals surface area contributed by atoms with E-state index in [-0.39, 0.29) is 0 Å². The van der Waals surface area contributed by atoms with E-state index in [0.717, 1.165) is 15.7 Å². The van der Waals surface area contributed by atoms with E-state index in [4.69, 9.17) is 10.5 Å². The normalized spacial score (nSPS) is 10.8. The standard InChI is InChI=1S/C14H17IN4O/c1-8(2)7-10-12(15)13(16)19-14(18-10)9-5-4-6-11(17-9)20-3/h4-6,8H,7H2,1-3H3,(H2,16,18,19). The van der Waals surface area contributed by atoms with Gasteiger partial charge in [0.1, 0.15) is 11.5 Å². The molecule has 2 aromatic rings. The van der Waals surface area contributed by atoms with Gasteiger partial charge in [-0.05, 0) is 41.0 Å². The number of pyridine rings is 1. The van der Waals surface area contributed by atoms with Gasteiger partial charge in [0.05, 0.1) is 16.4 Å². The molecule has 0 fully saturated rings. The second-order valence-electron chi connectivity index (χ2n) is 4.86. The van der Waals surface area contributed by atoms with Gasteiger partial charge < -0.3 is 10.5 Å². The Morgan fingerprint density at radius 2 is 2.00 bits per heavy atom. The van der Waals surface area contributed by atoms with E-state index in [0.29, 0.717) is 29.1 Å². The second kappa shape index (κ2) is 6.34. The van der Waals surface area contributed by atoms with Crippen molar-refractivity contribution in [1.82, 2.24) is 15.0 Å². The van der Waals surface area contributed by atoms with Gasteiger partial charge in [-0.25, -0.2) is 15.0 Å². The number of rotatable bonds is 4. The quantitative estimate of drug-likeness (QED) is 0.821. The molecule has 0 aliphatic heterocycles. The fourth-order valence-corrected chi connectivity index (χ4v) is 2.26. The van der Waals surface area contributed by atoms with Crippen LogP contribution < -0.4 is 10.5 Å². The van der Waals surface area contributed by atoms with Crippen LogP contribution in [0, 0.1) is 9.49 Å². The summed E-state index contributed by atoms with van der Waals surface area (Å²) in [5.74, 6) is 2.07. The van der Waals surface area contributed by atoms with Crippen LogP contribution in [0.4, 0.5) is 5.82 Å². The van der Waals surface area contributed by atoms with Crippen molar-refractivity contribution in [1.29, 1.82) is 0 Å². The number of methoxy groups -OCH3 is 1. The Bertz CT molecular complexity index is 616. The van der Waals surface area contributed by atoms with Crippen LogP contribution in [-0.2, 0) is 6.42 Å². The largest absolute Gasteiger partial charge is 0.481 e. The molecule has 6 heteroatoms. The predicted octanol–water partition coefficient (Wildman–Crippen LogP) is 2.93. The molecule has 0 bridgehead atoms. The molecule has 0 saturated heterocycles. The van der Waals surface area contributed by atoms with E-state index >= 15 is 0 Å². The van der Waals surface area contributed by atoms with Crippen LogP contribution in [0.3, 0.4) is 0 Å². The van der Waals surface area contributed by atoms with Crippen molar-refractivity contribution in [3.05, 3.63) is 27.5 Å². The summed E-state index contributed by atoms with van der Waals surface area (Å²) in [7, 11) is 1.58. The van der Waals surface area contributed by atoms with Gasteiger partial charge >= 0.3 is 0 Å². The zero-order valence-electron chi connectivity index (χ0n) is 11.7. The number of ether oxygens (including phenoxy) is 1. The second-order valence-corrected chi connectivity index (χ2v) is 5.94. The zero-order chi connectivity index (χ0) is 14.7. The van der Waals surface area contributed by atoms with Crippen molar-refractivity contribution in [3.8, 4) is 17.4 Å². The highest BCUT2D eigenvalue weighted by Gasteiger charge is 2.13. The summed E-state index contributed by atoms with van der Waals surface area (Å²) in [5.41, 5.74) is 7.62. The minimum Gasteiger partial charge on any atom is -0.481 e. The number of hydrogen-bond donors (Lipinski definition) is 1. The van der Waals surface area contributed by atoms with E-state index < -0.39 is 0 Å². The molecule has 0 spiro atoms. The highest BCUT2D eigenvalue weighted by Crippen LogP contribution is 2.24. The van der Waals surface area contributed by atoms with Gasteiger partial charge in [0.15, 0.2) is 5.82 Å². The molecule has 106 valence electrons. The molecule has 5 nitrogen and oxygen atoms in total. The fourth-order valence-electron chi connectivity index (χ4n) is 1.80. The van der Waals surface area contributed by atoms with Crippen LogP contribution >= 0.6 is 22.6 Å². The van der Waals surface area contributed by atoms with Crippen molar-refractivity contribution in [2.75, 3.05) is 12.8 Å². The van der Waals surface area contributed by atoms with Gasteiger partial charge in [-0.2, -0.15) is 0 Å². The Labute approximate surface area is 132 Å². The third-order valence-electron chi connectivity index (χ3n) is 2.71.